The van der Waals surface area contributed by atoms with Crippen LogP contribution < -0.4 is 9.47 Å². The quantitative estimate of drug-likeness (QED) is 0.856. The summed E-state index contributed by atoms with van der Waals surface area (Å²) in [5.74, 6) is 1.61. The van der Waals surface area contributed by atoms with E-state index in [0.717, 1.165) is 27.1 Å². The summed E-state index contributed by atoms with van der Waals surface area (Å²) in [6.45, 7) is 2.25. The average molecular weight is 351 g/mol. The van der Waals surface area contributed by atoms with Crippen LogP contribution in [0.4, 0.5) is 0 Å². The van der Waals surface area contributed by atoms with Crippen molar-refractivity contribution in [2.75, 3.05) is 7.11 Å². The minimum atomic E-state index is -0.329. The van der Waals surface area contributed by atoms with E-state index in [1.807, 2.05) is 42.5 Å². The highest BCUT2D eigenvalue weighted by Crippen LogP contribution is 2.24. The van der Waals surface area contributed by atoms with E-state index in [9.17, 15) is 5.11 Å². The normalized spacial score (nSPS) is 12.0. The molecule has 0 saturated carbocycles. The largest absolute Gasteiger partial charge is 0.497 e. The van der Waals surface area contributed by atoms with Crippen molar-refractivity contribution < 1.29 is 14.6 Å². The Kier molecular flexibility index (Phi) is 5.65. The van der Waals surface area contributed by atoms with Gasteiger partial charge in [-0.2, -0.15) is 0 Å². The van der Waals surface area contributed by atoms with Gasteiger partial charge in [0.1, 0.15) is 18.1 Å². The number of methoxy groups -OCH3 is 1. The molecule has 1 unspecified atom stereocenters. The van der Waals surface area contributed by atoms with Crippen molar-refractivity contribution in [3.63, 3.8) is 0 Å². The Balaban J connectivity index is 1.99. The molecular weight excluding hydrogens is 332 g/mol. The molecule has 4 heteroatoms. The van der Waals surface area contributed by atoms with E-state index in [1.54, 1.807) is 14.0 Å². The Bertz CT molecular complexity index is 579. The molecule has 1 atom stereocenters. The second-order valence-corrected chi connectivity index (χ2v) is 5.80. The topological polar surface area (TPSA) is 38.7 Å². The van der Waals surface area contributed by atoms with Gasteiger partial charge in [-0.15, -0.1) is 0 Å². The second kappa shape index (κ2) is 7.48. The van der Waals surface area contributed by atoms with E-state index in [4.69, 9.17) is 9.47 Å². The van der Waals surface area contributed by atoms with Crippen LogP contribution in [0.1, 0.15) is 18.1 Å². The Morgan fingerprint density at radius 2 is 1.76 bits per heavy atom. The Labute approximate surface area is 133 Å². The van der Waals surface area contributed by atoms with Crippen molar-refractivity contribution >= 4 is 15.9 Å². The van der Waals surface area contributed by atoms with Gasteiger partial charge in [0.25, 0.3) is 0 Å². The molecule has 0 amide bonds. The Morgan fingerprint density at radius 1 is 1.10 bits per heavy atom. The fourth-order valence-corrected chi connectivity index (χ4v) is 2.37. The fraction of sp³-hybridized carbons (Fsp3) is 0.294. The zero-order valence-electron chi connectivity index (χ0n) is 12.2. The van der Waals surface area contributed by atoms with Crippen LogP contribution in [-0.2, 0) is 13.0 Å². The molecule has 1 N–H and O–H groups in total. The van der Waals surface area contributed by atoms with E-state index in [-0.39, 0.29) is 6.10 Å². The zero-order valence-corrected chi connectivity index (χ0v) is 13.8. The lowest BCUT2D eigenvalue weighted by molar-refractivity contribution is 0.195. The summed E-state index contributed by atoms with van der Waals surface area (Å²) in [7, 11) is 1.65. The molecule has 0 aliphatic rings. The molecule has 2 aromatic rings. The first kappa shape index (κ1) is 15.9. The van der Waals surface area contributed by atoms with Crippen molar-refractivity contribution in [1.82, 2.24) is 0 Å². The average Bonchev–Trinajstić information content (AvgIpc) is 2.47. The van der Waals surface area contributed by atoms with Crippen LogP contribution in [0.15, 0.2) is 46.9 Å². The molecule has 0 heterocycles. The predicted molar refractivity (Wildman–Crippen MR) is 86.9 cm³/mol. The zero-order chi connectivity index (χ0) is 15.2. The summed E-state index contributed by atoms with van der Waals surface area (Å²) < 4.78 is 12.0. The van der Waals surface area contributed by atoms with Gasteiger partial charge in [0.15, 0.2) is 0 Å². The van der Waals surface area contributed by atoms with Gasteiger partial charge >= 0.3 is 0 Å². The second-order valence-electron chi connectivity index (χ2n) is 4.94. The third-order valence-electron chi connectivity index (χ3n) is 3.10. The molecule has 0 fully saturated rings. The molecule has 0 aliphatic carbocycles. The van der Waals surface area contributed by atoms with Gasteiger partial charge in [0.2, 0.25) is 0 Å². The van der Waals surface area contributed by atoms with Gasteiger partial charge < -0.3 is 14.6 Å². The summed E-state index contributed by atoms with van der Waals surface area (Å²) >= 11 is 3.51. The lowest BCUT2D eigenvalue weighted by Gasteiger charge is -2.10. The molecule has 0 aromatic heterocycles. The van der Waals surface area contributed by atoms with Crippen LogP contribution in [0.25, 0.3) is 0 Å². The third kappa shape index (κ3) is 4.76. The monoisotopic (exact) mass is 350 g/mol. The molecule has 0 bridgehead atoms. The van der Waals surface area contributed by atoms with E-state index in [2.05, 4.69) is 15.9 Å². The van der Waals surface area contributed by atoms with Gasteiger partial charge in [0.05, 0.1) is 13.2 Å². The fourth-order valence-electron chi connectivity index (χ4n) is 2.01. The third-order valence-corrected chi connectivity index (χ3v) is 3.88. The summed E-state index contributed by atoms with van der Waals surface area (Å²) in [4.78, 5) is 0. The minimum Gasteiger partial charge on any atom is -0.497 e. The van der Waals surface area contributed by atoms with Crippen LogP contribution in [0.5, 0.6) is 11.5 Å². The van der Waals surface area contributed by atoms with Gasteiger partial charge in [-0.1, -0.05) is 28.1 Å². The van der Waals surface area contributed by atoms with Gasteiger partial charge in [-0.3, -0.25) is 0 Å². The highest BCUT2D eigenvalue weighted by molar-refractivity contribution is 9.10. The smallest absolute Gasteiger partial charge is 0.119 e. The lowest BCUT2D eigenvalue weighted by atomic mass is 10.1. The number of hydrogen-bond acceptors (Lipinski definition) is 3. The first-order chi connectivity index (χ1) is 10.1. The van der Waals surface area contributed by atoms with Crippen molar-refractivity contribution in [3.8, 4) is 11.5 Å². The highest BCUT2D eigenvalue weighted by atomic mass is 79.9. The predicted octanol–water partition coefficient (Wildman–Crippen LogP) is 3.96. The molecule has 0 saturated heterocycles. The minimum absolute atomic E-state index is 0.329. The van der Waals surface area contributed by atoms with E-state index in [0.29, 0.717) is 13.0 Å². The van der Waals surface area contributed by atoms with Crippen LogP contribution in [-0.4, -0.2) is 18.3 Å². The van der Waals surface area contributed by atoms with E-state index >= 15 is 0 Å². The first-order valence-electron chi connectivity index (χ1n) is 6.80. The number of rotatable bonds is 6. The molecule has 0 radical (unpaired) electrons. The summed E-state index contributed by atoms with van der Waals surface area (Å²) in [5, 5.41) is 9.36. The molecule has 2 rings (SSSR count). The van der Waals surface area contributed by atoms with Crippen LogP contribution in [0.3, 0.4) is 0 Å². The first-order valence-corrected chi connectivity index (χ1v) is 7.60. The van der Waals surface area contributed by atoms with E-state index in [1.165, 1.54) is 0 Å². The molecule has 0 aliphatic heterocycles. The summed E-state index contributed by atoms with van der Waals surface area (Å²) in [5.41, 5.74) is 2.13. The maximum absolute atomic E-state index is 9.36. The molecule has 2 aromatic carbocycles. The maximum Gasteiger partial charge on any atom is 0.119 e. The van der Waals surface area contributed by atoms with Crippen LogP contribution in [0.2, 0.25) is 0 Å². The van der Waals surface area contributed by atoms with Crippen molar-refractivity contribution in [1.29, 1.82) is 0 Å². The number of aliphatic hydroxyl groups is 1. The maximum atomic E-state index is 9.36. The molecule has 0 spiro atoms. The van der Waals surface area contributed by atoms with Crippen LogP contribution >= 0.6 is 15.9 Å². The molecule has 21 heavy (non-hydrogen) atoms. The number of benzene rings is 2. The van der Waals surface area contributed by atoms with E-state index < -0.39 is 0 Å². The number of aliphatic hydroxyl groups excluding tert-OH is 1. The Hall–Kier alpha value is -1.52. The lowest BCUT2D eigenvalue weighted by Crippen LogP contribution is -2.04. The number of hydrogen-bond donors (Lipinski definition) is 1. The molecule has 3 nitrogen and oxygen atoms in total. The van der Waals surface area contributed by atoms with Crippen LogP contribution in [0, 0.1) is 0 Å². The van der Waals surface area contributed by atoms with Gasteiger partial charge in [-0.05, 0) is 49.2 Å². The van der Waals surface area contributed by atoms with Crippen molar-refractivity contribution in [2.45, 2.75) is 26.1 Å². The van der Waals surface area contributed by atoms with Crippen molar-refractivity contribution in [3.05, 3.63) is 58.1 Å². The highest BCUT2D eigenvalue weighted by Gasteiger charge is 2.04. The van der Waals surface area contributed by atoms with Gasteiger partial charge in [0, 0.05) is 10.0 Å². The van der Waals surface area contributed by atoms with Crippen molar-refractivity contribution in [2.24, 2.45) is 0 Å². The molecule has 112 valence electrons. The summed E-state index contributed by atoms with van der Waals surface area (Å²) in [6.07, 6.45) is 0.325. The number of halogens is 1. The summed E-state index contributed by atoms with van der Waals surface area (Å²) in [6, 6.07) is 13.6. The molecular formula is C17H19BrO3. The Morgan fingerprint density at radius 3 is 2.38 bits per heavy atom. The standard InChI is InChI=1S/C17H19BrO3/c1-12(19)9-13-3-5-15(6-4-13)21-11-14-10-16(20-2)7-8-17(14)18/h3-8,10,12,19H,9,11H2,1-2H3. The van der Waals surface area contributed by atoms with Gasteiger partial charge in [-0.25, -0.2) is 0 Å². The number of ether oxygens (including phenoxy) is 2. The SMILES string of the molecule is COc1ccc(Br)c(COc2ccc(CC(C)O)cc2)c1.